The van der Waals surface area contributed by atoms with Crippen molar-refractivity contribution in [2.75, 3.05) is 0 Å². The fourth-order valence-electron chi connectivity index (χ4n) is 0.960. The van der Waals surface area contributed by atoms with E-state index in [2.05, 4.69) is 24.3 Å². The Labute approximate surface area is 75.8 Å². The van der Waals surface area contributed by atoms with Crippen LogP contribution in [0.2, 0.25) is 0 Å². The second-order valence-corrected chi connectivity index (χ2v) is 3.06. The molecule has 1 atom stereocenters. The fraction of sp³-hybridized carbons (Fsp3) is 0.636. The van der Waals surface area contributed by atoms with Crippen LogP contribution in [-0.4, -0.2) is 11.2 Å². The average Bonchev–Trinajstić information content (AvgIpc) is 2.02. The molecule has 0 bridgehead atoms. The van der Waals surface area contributed by atoms with Gasteiger partial charge in [-0.25, -0.2) is 0 Å². The summed E-state index contributed by atoms with van der Waals surface area (Å²) in [5, 5.41) is 8.96. The van der Waals surface area contributed by atoms with Gasteiger partial charge in [-0.15, -0.1) is 0 Å². The Morgan fingerprint density at radius 2 is 2.00 bits per heavy atom. The Balaban J connectivity index is 3.13. The zero-order valence-corrected chi connectivity index (χ0v) is 8.16. The molecule has 12 heavy (non-hydrogen) atoms. The molecule has 1 unspecified atom stereocenters. The molecule has 0 amide bonds. The highest BCUT2D eigenvalue weighted by molar-refractivity contribution is 4.91. The van der Waals surface area contributed by atoms with E-state index in [1.807, 2.05) is 13.8 Å². The van der Waals surface area contributed by atoms with Crippen LogP contribution in [0.3, 0.4) is 0 Å². The van der Waals surface area contributed by atoms with Gasteiger partial charge in [0.1, 0.15) is 0 Å². The molecule has 70 valence electrons. The molecule has 0 heterocycles. The highest BCUT2D eigenvalue weighted by Crippen LogP contribution is 2.01. The summed E-state index contributed by atoms with van der Waals surface area (Å²) < 4.78 is 0. The lowest BCUT2D eigenvalue weighted by Crippen LogP contribution is -1.97. The lowest BCUT2D eigenvalue weighted by molar-refractivity contribution is 0.182. The number of rotatable bonds is 6. The van der Waals surface area contributed by atoms with Gasteiger partial charge in [-0.2, -0.15) is 0 Å². The molecular formula is C11H20O. The maximum absolute atomic E-state index is 8.96. The first-order valence-electron chi connectivity index (χ1n) is 4.71. The Bertz CT molecular complexity index is 134. The molecule has 0 saturated heterocycles. The van der Waals surface area contributed by atoms with Gasteiger partial charge < -0.3 is 5.11 Å². The Morgan fingerprint density at radius 1 is 1.25 bits per heavy atom. The van der Waals surface area contributed by atoms with Gasteiger partial charge in [0.05, 0.1) is 6.10 Å². The van der Waals surface area contributed by atoms with Crippen molar-refractivity contribution in [3.8, 4) is 0 Å². The second-order valence-electron chi connectivity index (χ2n) is 3.06. The van der Waals surface area contributed by atoms with Crippen LogP contribution in [0.15, 0.2) is 24.3 Å². The first kappa shape index (κ1) is 11.4. The van der Waals surface area contributed by atoms with E-state index < -0.39 is 0 Å². The van der Waals surface area contributed by atoms with Crippen molar-refractivity contribution in [3.63, 3.8) is 0 Å². The highest BCUT2D eigenvalue weighted by atomic mass is 16.3. The van der Waals surface area contributed by atoms with E-state index in [4.69, 9.17) is 5.11 Å². The van der Waals surface area contributed by atoms with E-state index in [0.29, 0.717) is 0 Å². The number of unbranched alkanes of at least 4 members (excludes halogenated alkanes) is 1. The quantitative estimate of drug-likeness (QED) is 0.477. The maximum atomic E-state index is 8.96. The first-order valence-corrected chi connectivity index (χ1v) is 4.71. The lowest BCUT2D eigenvalue weighted by atomic mass is 10.1. The molecule has 0 rings (SSSR count). The normalized spacial score (nSPS) is 14.6. The monoisotopic (exact) mass is 168 g/mol. The minimum Gasteiger partial charge on any atom is -0.393 e. The first-order chi connectivity index (χ1) is 5.77. The van der Waals surface area contributed by atoms with Crippen LogP contribution >= 0.6 is 0 Å². The Kier molecular flexibility index (Phi) is 8.14. The standard InChI is InChI=1S/C11H20O/c1-3-4-5-6-7-8-9-10-11(2)12/h3-4,6-7,11-12H,5,8-10H2,1-2H3/b4-3-,7-6-. The molecule has 0 aromatic rings. The molecule has 1 nitrogen and oxygen atoms in total. The van der Waals surface area contributed by atoms with Gasteiger partial charge in [0.25, 0.3) is 0 Å². The van der Waals surface area contributed by atoms with Crippen molar-refractivity contribution in [2.45, 2.75) is 45.6 Å². The summed E-state index contributed by atoms with van der Waals surface area (Å²) in [7, 11) is 0. The van der Waals surface area contributed by atoms with Crippen molar-refractivity contribution in [1.29, 1.82) is 0 Å². The van der Waals surface area contributed by atoms with E-state index in [9.17, 15) is 0 Å². The highest BCUT2D eigenvalue weighted by Gasteiger charge is 1.91. The van der Waals surface area contributed by atoms with Gasteiger partial charge in [0.2, 0.25) is 0 Å². The van der Waals surface area contributed by atoms with Gasteiger partial charge in [-0.05, 0) is 39.5 Å². The number of hydrogen-bond donors (Lipinski definition) is 1. The van der Waals surface area contributed by atoms with Crippen molar-refractivity contribution in [2.24, 2.45) is 0 Å². The zero-order chi connectivity index (χ0) is 9.23. The van der Waals surface area contributed by atoms with Crippen LogP contribution in [-0.2, 0) is 0 Å². The van der Waals surface area contributed by atoms with Crippen molar-refractivity contribution >= 4 is 0 Å². The molecule has 0 aromatic carbocycles. The molecule has 0 aliphatic rings. The average molecular weight is 168 g/mol. The lowest BCUT2D eigenvalue weighted by Gasteiger charge is -1.99. The van der Waals surface area contributed by atoms with Crippen LogP contribution in [0.1, 0.15) is 39.5 Å². The van der Waals surface area contributed by atoms with Gasteiger partial charge in [0.15, 0.2) is 0 Å². The van der Waals surface area contributed by atoms with Crippen molar-refractivity contribution < 1.29 is 5.11 Å². The van der Waals surface area contributed by atoms with Crippen LogP contribution in [0.4, 0.5) is 0 Å². The third-order valence-corrected chi connectivity index (χ3v) is 1.67. The number of aliphatic hydroxyl groups is 1. The van der Waals surface area contributed by atoms with Crippen LogP contribution in [0, 0.1) is 0 Å². The number of hydrogen-bond acceptors (Lipinski definition) is 1. The number of allylic oxidation sites excluding steroid dienone is 4. The summed E-state index contributed by atoms with van der Waals surface area (Å²) in [5.41, 5.74) is 0. The smallest absolute Gasteiger partial charge is 0.0512 e. The SMILES string of the molecule is C/C=C\C/C=C\CCCC(C)O. The van der Waals surface area contributed by atoms with E-state index in [1.54, 1.807) is 0 Å². The van der Waals surface area contributed by atoms with Crippen molar-refractivity contribution in [1.82, 2.24) is 0 Å². The zero-order valence-electron chi connectivity index (χ0n) is 8.16. The van der Waals surface area contributed by atoms with E-state index in [-0.39, 0.29) is 6.10 Å². The Morgan fingerprint density at radius 3 is 2.58 bits per heavy atom. The molecule has 0 spiro atoms. The summed E-state index contributed by atoms with van der Waals surface area (Å²) in [6.45, 7) is 3.87. The third-order valence-electron chi connectivity index (χ3n) is 1.67. The molecule has 1 N–H and O–H groups in total. The summed E-state index contributed by atoms with van der Waals surface area (Å²) in [6.07, 6.45) is 12.5. The van der Waals surface area contributed by atoms with Crippen LogP contribution in [0.25, 0.3) is 0 Å². The predicted molar refractivity (Wildman–Crippen MR) is 54.1 cm³/mol. The minimum atomic E-state index is -0.145. The molecule has 0 fully saturated rings. The molecule has 0 aliphatic heterocycles. The van der Waals surface area contributed by atoms with Gasteiger partial charge in [-0.1, -0.05) is 24.3 Å². The topological polar surface area (TPSA) is 20.2 Å². The Hall–Kier alpha value is -0.560. The predicted octanol–water partition coefficient (Wildman–Crippen LogP) is 3.06. The van der Waals surface area contributed by atoms with Gasteiger partial charge >= 0.3 is 0 Å². The molecular weight excluding hydrogens is 148 g/mol. The molecule has 0 aliphatic carbocycles. The summed E-state index contributed by atoms with van der Waals surface area (Å²) in [6, 6.07) is 0. The fourth-order valence-corrected chi connectivity index (χ4v) is 0.960. The molecule has 1 heteroatoms. The summed E-state index contributed by atoms with van der Waals surface area (Å²) in [4.78, 5) is 0. The third kappa shape index (κ3) is 9.44. The van der Waals surface area contributed by atoms with Crippen LogP contribution < -0.4 is 0 Å². The van der Waals surface area contributed by atoms with Crippen LogP contribution in [0.5, 0.6) is 0 Å². The molecule has 0 saturated carbocycles. The number of aliphatic hydroxyl groups excluding tert-OH is 1. The van der Waals surface area contributed by atoms with E-state index >= 15 is 0 Å². The minimum absolute atomic E-state index is 0.145. The molecule has 0 radical (unpaired) electrons. The maximum Gasteiger partial charge on any atom is 0.0512 e. The van der Waals surface area contributed by atoms with E-state index in [0.717, 1.165) is 25.7 Å². The van der Waals surface area contributed by atoms with E-state index in [1.165, 1.54) is 0 Å². The van der Waals surface area contributed by atoms with Gasteiger partial charge in [0, 0.05) is 0 Å². The van der Waals surface area contributed by atoms with Gasteiger partial charge in [-0.3, -0.25) is 0 Å². The summed E-state index contributed by atoms with van der Waals surface area (Å²) in [5.74, 6) is 0. The largest absolute Gasteiger partial charge is 0.393 e. The second kappa shape index (κ2) is 8.54. The molecule has 0 aromatic heterocycles. The summed E-state index contributed by atoms with van der Waals surface area (Å²) >= 11 is 0. The van der Waals surface area contributed by atoms with Crippen molar-refractivity contribution in [3.05, 3.63) is 24.3 Å².